The van der Waals surface area contributed by atoms with Gasteiger partial charge in [0.2, 0.25) is 0 Å². The van der Waals surface area contributed by atoms with E-state index in [1.807, 2.05) is 6.07 Å². The van der Waals surface area contributed by atoms with Crippen molar-refractivity contribution < 1.29 is 9.52 Å². The standard InChI is InChI=1S/C15H17ClO2/c16-13-6-11-8-14(10-4-2-1-3-5-10)18-15(11)12(7-13)9-17/h6-8,10,17H,1-5,9H2. The Morgan fingerprint density at radius 1 is 1.17 bits per heavy atom. The minimum atomic E-state index is -0.0331. The summed E-state index contributed by atoms with van der Waals surface area (Å²) in [7, 11) is 0. The molecular weight excluding hydrogens is 248 g/mol. The van der Waals surface area contributed by atoms with E-state index in [1.165, 1.54) is 32.1 Å². The number of aliphatic hydroxyl groups excluding tert-OH is 1. The van der Waals surface area contributed by atoms with E-state index in [0.717, 1.165) is 22.3 Å². The molecule has 0 spiro atoms. The van der Waals surface area contributed by atoms with Gasteiger partial charge in [0.1, 0.15) is 11.3 Å². The van der Waals surface area contributed by atoms with Gasteiger partial charge in [0, 0.05) is 21.9 Å². The average molecular weight is 265 g/mol. The first-order valence-corrected chi connectivity index (χ1v) is 6.98. The maximum Gasteiger partial charge on any atom is 0.139 e. The summed E-state index contributed by atoms with van der Waals surface area (Å²) in [5, 5.41) is 11.0. The molecule has 2 aromatic rings. The summed E-state index contributed by atoms with van der Waals surface area (Å²) in [5.41, 5.74) is 1.57. The molecule has 0 radical (unpaired) electrons. The lowest BCUT2D eigenvalue weighted by Crippen LogP contribution is -2.02. The quantitative estimate of drug-likeness (QED) is 0.858. The number of aliphatic hydroxyl groups is 1. The van der Waals surface area contributed by atoms with Gasteiger partial charge in [-0.25, -0.2) is 0 Å². The zero-order valence-electron chi connectivity index (χ0n) is 10.3. The largest absolute Gasteiger partial charge is 0.460 e. The van der Waals surface area contributed by atoms with E-state index in [2.05, 4.69) is 6.07 Å². The van der Waals surface area contributed by atoms with Gasteiger partial charge in [0.15, 0.2) is 0 Å². The third kappa shape index (κ3) is 2.15. The van der Waals surface area contributed by atoms with E-state index < -0.39 is 0 Å². The van der Waals surface area contributed by atoms with Gasteiger partial charge in [-0.1, -0.05) is 30.9 Å². The first kappa shape index (κ1) is 12.1. The Balaban J connectivity index is 2.04. The molecule has 1 N–H and O–H groups in total. The van der Waals surface area contributed by atoms with Crippen LogP contribution in [0.4, 0.5) is 0 Å². The van der Waals surface area contributed by atoms with Crippen LogP contribution in [-0.2, 0) is 6.61 Å². The first-order chi connectivity index (χ1) is 8.78. The van der Waals surface area contributed by atoms with Crippen LogP contribution in [0.3, 0.4) is 0 Å². The molecule has 2 nitrogen and oxygen atoms in total. The number of hydrogen-bond donors (Lipinski definition) is 1. The molecule has 3 rings (SSSR count). The molecule has 0 atom stereocenters. The van der Waals surface area contributed by atoms with Crippen molar-refractivity contribution in [3.05, 3.63) is 34.5 Å². The smallest absolute Gasteiger partial charge is 0.139 e. The van der Waals surface area contributed by atoms with Crippen molar-refractivity contribution in [2.75, 3.05) is 0 Å². The molecule has 0 bridgehead atoms. The van der Waals surface area contributed by atoms with Crippen LogP contribution >= 0.6 is 11.6 Å². The summed E-state index contributed by atoms with van der Waals surface area (Å²) in [6.45, 7) is -0.0331. The highest BCUT2D eigenvalue weighted by atomic mass is 35.5. The minimum absolute atomic E-state index is 0.0331. The second-order valence-electron chi connectivity index (χ2n) is 5.13. The van der Waals surface area contributed by atoms with Gasteiger partial charge in [-0.05, 0) is 31.0 Å². The zero-order chi connectivity index (χ0) is 12.5. The summed E-state index contributed by atoms with van der Waals surface area (Å²) >= 11 is 6.04. The molecule has 1 saturated carbocycles. The van der Waals surface area contributed by atoms with Crippen molar-refractivity contribution in [2.24, 2.45) is 0 Å². The van der Waals surface area contributed by atoms with Crippen molar-refractivity contribution in [1.29, 1.82) is 0 Å². The first-order valence-electron chi connectivity index (χ1n) is 6.60. The highest BCUT2D eigenvalue weighted by molar-refractivity contribution is 6.31. The van der Waals surface area contributed by atoms with Gasteiger partial charge in [0.05, 0.1) is 6.61 Å². The van der Waals surface area contributed by atoms with Crippen molar-refractivity contribution in [3.8, 4) is 0 Å². The summed E-state index contributed by atoms with van der Waals surface area (Å²) in [4.78, 5) is 0. The Hall–Kier alpha value is -0.990. The second kappa shape index (κ2) is 4.94. The zero-order valence-corrected chi connectivity index (χ0v) is 11.0. The van der Waals surface area contributed by atoms with Crippen molar-refractivity contribution in [1.82, 2.24) is 0 Å². The molecule has 1 aromatic heterocycles. The summed E-state index contributed by atoms with van der Waals surface area (Å²) in [6, 6.07) is 5.78. The average Bonchev–Trinajstić information content (AvgIpc) is 2.82. The Morgan fingerprint density at radius 2 is 1.94 bits per heavy atom. The highest BCUT2D eigenvalue weighted by Gasteiger charge is 2.20. The van der Waals surface area contributed by atoms with E-state index in [9.17, 15) is 5.11 Å². The van der Waals surface area contributed by atoms with Crippen LogP contribution in [0.5, 0.6) is 0 Å². The van der Waals surface area contributed by atoms with Crippen LogP contribution in [0, 0.1) is 0 Å². The highest BCUT2D eigenvalue weighted by Crippen LogP contribution is 2.37. The number of halogens is 1. The number of fused-ring (bicyclic) bond motifs is 1. The SMILES string of the molecule is OCc1cc(Cl)cc2cc(C3CCCCC3)oc12. The van der Waals surface area contributed by atoms with Crippen LogP contribution < -0.4 is 0 Å². The molecule has 1 aliphatic rings. The number of furan rings is 1. The topological polar surface area (TPSA) is 33.4 Å². The maximum absolute atomic E-state index is 9.36. The fourth-order valence-electron chi connectivity index (χ4n) is 2.91. The molecular formula is C15H17ClO2. The molecule has 0 saturated heterocycles. The molecule has 3 heteroatoms. The van der Waals surface area contributed by atoms with Crippen LogP contribution in [0.2, 0.25) is 5.02 Å². The molecule has 1 aliphatic carbocycles. The van der Waals surface area contributed by atoms with Gasteiger partial charge in [-0.3, -0.25) is 0 Å². The van der Waals surface area contributed by atoms with Gasteiger partial charge in [-0.2, -0.15) is 0 Å². The third-order valence-corrected chi connectivity index (χ3v) is 4.07. The predicted octanol–water partition coefficient (Wildman–Crippen LogP) is 4.63. The fourth-order valence-corrected chi connectivity index (χ4v) is 3.16. The summed E-state index contributed by atoms with van der Waals surface area (Å²) in [6.07, 6.45) is 6.33. The minimum Gasteiger partial charge on any atom is -0.460 e. The van der Waals surface area contributed by atoms with Crippen LogP contribution in [0.1, 0.15) is 49.3 Å². The van der Waals surface area contributed by atoms with Gasteiger partial charge < -0.3 is 9.52 Å². The van der Waals surface area contributed by atoms with E-state index >= 15 is 0 Å². The van der Waals surface area contributed by atoms with E-state index in [4.69, 9.17) is 16.0 Å². The molecule has 1 aromatic carbocycles. The van der Waals surface area contributed by atoms with E-state index in [0.29, 0.717) is 10.9 Å². The predicted molar refractivity (Wildman–Crippen MR) is 73.0 cm³/mol. The fraction of sp³-hybridized carbons (Fsp3) is 0.467. The lowest BCUT2D eigenvalue weighted by molar-refractivity contribution is 0.281. The molecule has 96 valence electrons. The number of hydrogen-bond acceptors (Lipinski definition) is 2. The molecule has 0 amide bonds. The van der Waals surface area contributed by atoms with Crippen molar-refractivity contribution in [3.63, 3.8) is 0 Å². The lowest BCUT2D eigenvalue weighted by atomic mass is 9.87. The Bertz CT molecular complexity index is 553. The number of benzene rings is 1. The van der Waals surface area contributed by atoms with E-state index in [-0.39, 0.29) is 6.61 Å². The second-order valence-corrected chi connectivity index (χ2v) is 5.56. The monoisotopic (exact) mass is 264 g/mol. The maximum atomic E-state index is 9.36. The Kier molecular flexibility index (Phi) is 3.31. The molecule has 0 unspecified atom stereocenters. The summed E-state index contributed by atoms with van der Waals surface area (Å²) in [5.74, 6) is 1.60. The molecule has 18 heavy (non-hydrogen) atoms. The van der Waals surface area contributed by atoms with Gasteiger partial charge in [0.25, 0.3) is 0 Å². The number of rotatable bonds is 2. The molecule has 1 heterocycles. The third-order valence-electron chi connectivity index (χ3n) is 3.85. The van der Waals surface area contributed by atoms with Gasteiger partial charge in [-0.15, -0.1) is 0 Å². The van der Waals surface area contributed by atoms with Crippen molar-refractivity contribution in [2.45, 2.75) is 44.6 Å². The van der Waals surface area contributed by atoms with Gasteiger partial charge >= 0.3 is 0 Å². The van der Waals surface area contributed by atoms with Crippen LogP contribution in [0.15, 0.2) is 22.6 Å². The Labute approximate surface area is 112 Å². The summed E-state index contributed by atoms with van der Waals surface area (Å²) < 4.78 is 5.97. The van der Waals surface area contributed by atoms with Crippen molar-refractivity contribution >= 4 is 22.6 Å². The molecule has 0 aliphatic heterocycles. The normalized spacial score (nSPS) is 17.4. The Morgan fingerprint density at radius 3 is 2.67 bits per heavy atom. The lowest BCUT2D eigenvalue weighted by Gasteiger charge is -2.18. The van der Waals surface area contributed by atoms with E-state index in [1.54, 1.807) is 6.07 Å². The molecule has 1 fully saturated rings. The van der Waals surface area contributed by atoms with Crippen LogP contribution in [-0.4, -0.2) is 5.11 Å². The van der Waals surface area contributed by atoms with Crippen LogP contribution in [0.25, 0.3) is 11.0 Å².